The summed E-state index contributed by atoms with van der Waals surface area (Å²) in [6, 6.07) is -0.753. The Morgan fingerprint density at radius 3 is 2.19 bits per heavy atom. The van der Waals surface area contributed by atoms with Gasteiger partial charge in [0.2, 0.25) is 5.91 Å². The number of aliphatic carboxylic acids is 1. The Kier molecular flexibility index (Phi) is 11.6. The summed E-state index contributed by atoms with van der Waals surface area (Å²) >= 11 is 0. The van der Waals surface area contributed by atoms with Crippen LogP contribution >= 0.6 is 0 Å². The minimum absolute atomic E-state index is 0.144. The molecular formula is C17H31NO3. The lowest BCUT2D eigenvalue weighted by Crippen LogP contribution is -2.41. The fraction of sp³-hybridized carbons (Fsp3) is 0.765. The first-order chi connectivity index (χ1) is 9.97. The van der Waals surface area contributed by atoms with Crippen molar-refractivity contribution in [2.24, 2.45) is 5.92 Å². The SMILES string of the molecule is C=CCCCCCCCCC(=O)NC(CC(C)C)C(=O)O. The Labute approximate surface area is 129 Å². The van der Waals surface area contributed by atoms with Crippen molar-refractivity contribution < 1.29 is 14.7 Å². The smallest absolute Gasteiger partial charge is 0.326 e. The van der Waals surface area contributed by atoms with Crippen molar-refractivity contribution >= 4 is 11.9 Å². The van der Waals surface area contributed by atoms with Gasteiger partial charge in [-0.3, -0.25) is 4.79 Å². The largest absolute Gasteiger partial charge is 0.480 e. The second-order valence-electron chi connectivity index (χ2n) is 6.04. The van der Waals surface area contributed by atoms with Crippen LogP contribution in [0.3, 0.4) is 0 Å². The van der Waals surface area contributed by atoms with Crippen LogP contribution in [-0.4, -0.2) is 23.0 Å². The van der Waals surface area contributed by atoms with Gasteiger partial charge in [-0.15, -0.1) is 6.58 Å². The van der Waals surface area contributed by atoms with Gasteiger partial charge in [-0.25, -0.2) is 4.79 Å². The highest BCUT2D eigenvalue weighted by Gasteiger charge is 2.20. The molecule has 0 bridgehead atoms. The molecule has 21 heavy (non-hydrogen) atoms. The second-order valence-corrected chi connectivity index (χ2v) is 6.04. The predicted molar refractivity (Wildman–Crippen MR) is 86.2 cm³/mol. The minimum atomic E-state index is -0.945. The third-order valence-electron chi connectivity index (χ3n) is 3.40. The maximum atomic E-state index is 11.7. The number of carboxylic acids is 1. The molecule has 0 aromatic rings. The first kappa shape index (κ1) is 19.7. The monoisotopic (exact) mass is 297 g/mol. The first-order valence-electron chi connectivity index (χ1n) is 8.10. The van der Waals surface area contributed by atoms with E-state index in [1.807, 2.05) is 19.9 Å². The molecule has 0 aromatic heterocycles. The van der Waals surface area contributed by atoms with Crippen molar-refractivity contribution in [2.75, 3.05) is 0 Å². The summed E-state index contributed by atoms with van der Waals surface area (Å²) < 4.78 is 0. The number of carboxylic acid groups (broad SMARTS) is 1. The number of hydrogen-bond donors (Lipinski definition) is 2. The molecule has 0 spiro atoms. The van der Waals surface area contributed by atoms with Crippen molar-refractivity contribution in [1.29, 1.82) is 0 Å². The lowest BCUT2D eigenvalue weighted by atomic mass is 10.0. The lowest BCUT2D eigenvalue weighted by molar-refractivity contribution is -0.142. The molecule has 0 fully saturated rings. The van der Waals surface area contributed by atoms with Gasteiger partial charge in [-0.1, -0.05) is 45.6 Å². The minimum Gasteiger partial charge on any atom is -0.480 e. The summed E-state index contributed by atoms with van der Waals surface area (Å²) in [5.41, 5.74) is 0. The van der Waals surface area contributed by atoms with Gasteiger partial charge in [-0.05, 0) is 31.6 Å². The van der Waals surface area contributed by atoms with E-state index in [-0.39, 0.29) is 11.8 Å². The van der Waals surface area contributed by atoms with Crippen LogP contribution in [0.4, 0.5) is 0 Å². The van der Waals surface area contributed by atoms with Crippen LogP contribution in [0.1, 0.15) is 71.6 Å². The average Bonchev–Trinajstić information content (AvgIpc) is 2.40. The summed E-state index contributed by atoms with van der Waals surface area (Å²) in [7, 11) is 0. The van der Waals surface area contributed by atoms with E-state index in [2.05, 4.69) is 11.9 Å². The third-order valence-corrected chi connectivity index (χ3v) is 3.40. The molecule has 4 heteroatoms. The molecule has 1 atom stereocenters. The zero-order chi connectivity index (χ0) is 16.1. The van der Waals surface area contributed by atoms with Crippen LogP contribution in [-0.2, 0) is 9.59 Å². The summed E-state index contributed by atoms with van der Waals surface area (Å²) in [6.45, 7) is 7.60. The topological polar surface area (TPSA) is 66.4 Å². The van der Waals surface area contributed by atoms with Crippen LogP contribution in [0.2, 0.25) is 0 Å². The standard InChI is InChI=1S/C17H31NO3/c1-4-5-6-7-8-9-10-11-12-16(19)18-15(17(20)21)13-14(2)3/h4,14-15H,1,5-13H2,2-3H3,(H,18,19)(H,20,21). The molecule has 0 aromatic carbocycles. The fourth-order valence-electron chi connectivity index (χ4n) is 2.24. The molecule has 0 radical (unpaired) electrons. The Morgan fingerprint density at radius 2 is 1.67 bits per heavy atom. The number of carbonyl (C=O) groups excluding carboxylic acids is 1. The zero-order valence-corrected chi connectivity index (χ0v) is 13.6. The van der Waals surface area contributed by atoms with E-state index in [0.717, 1.165) is 25.7 Å². The van der Waals surface area contributed by atoms with Crippen molar-refractivity contribution in [3.05, 3.63) is 12.7 Å². The molecule has 1 amide bonds. The van der Waals surface area contributed by atoms with Crippen LogP contribution in [0.5, 0.6) is 0 Å². The van der Waals surface area contributed by atoms with Crippen molar-refractivity contribution in [1.82, 2.24) is 5.32 Å². The molecule has 2 N–H and O–H groups in total. The van der Waals surface area contributed by atoms with Gasteiger partial charge >= 0.3 is 5.97 Å². The number of nitrogens with one attached hydrogen (secondary N) is 1. The number of hydrogen-bond acceptors (Lipinski definition) is 2. The molecule has 122 valence electrons. The fourth-order valence-corrected chi connectivity index (χ4v) is 2.24. The highest BCUT2D eigenvalue weighted by molar-refractivity contribution is 5.83. The molecule has 0 saturated heterocycles. The predicted octanol–water partition coefficient (Wildman–Crippen LogP) is 3.91. The lowest BCUT2D eigenvalue weighted by Gasteiger charge is -2.16. The van der Waals surface area contributed by atoms with Gasteiger partial charge in [-0.2, -0.15) is 0 Å². The maximum absolute atomic E-state index is 11.7. The average molecular weight is 297 g/mol. The van der Waals surface area contributed by atoms with E-state index in [1.165, 1.54) is 19.3 Å². The van der Waals surface area contributed by atoms with Crippen LogP contribution in [0.25, 0.3) is 0 Å². The van der Waals surface area contributed by atoms with Crippen LogP contribution in [0, 0.1) is 5.92 Å². The van der Waals surface area contributed by atoms with E-state index >= 15 is 0 Å². The van der Waals surface area contributed by atoms with E-state index < -0.39 is 12.0 Å². The number of amides is 1. The van der Waals surface area contributed by atoms with Gasteiger partial charge in [0, 0.05) is 6.42 Å². The molecule has 0 heterocycles. The van der Waals surface area contributed by atoms with Gasteiger partial charge in [0.25, 0.3) is 0 Å². The second kappa shape index (κ2) is 12.4. The van der Waals surface area contributed by atoms with Gasteiger partial charge in [0.15, 0.2) is 0 Å². The maximum Gasteiger partial charge on any atom is 0.326 e. The van der Waals surface area contributed by atoms with Gasteiger partial charge in [0.1, 0.15) is 6.04 Å². The molecule has 0 aliphatic heterocycles. The van der Waals surface area contributed by atoms with E-state index in [1.54, 1.807) is 0 Å². The molecule has 0 aliphatic rings. The van der Waals surface area contributed by atoms with Crippen molar-refractivity contribution in [3.8, 4) is 0 Å². The van der Waals surface area contributed by atoms with Crippen LogP contribution in [0.15, 0.2) is 12.7 Å². The van der Waals surface area contributed by atoms with Crippen molar-refractivity contribution in [3.63, 3.8) is 0 Å². The molecule has 0 saturated carbocycles. The van der Waals surface area contributed by atoms with Crippen molar-refractivity contribution in [2.45, 2.75) is 77.7 Å². The molecule has 1 unspecified atom stereocenters. The van der Waals surface area contributed by atoms with Gasteiger partial charge < -0.3 is 10.4 Å². The Bertz CT molecular complexity index is 313. The summed E-state index contributed by atoms with van der Waals surface area (Å²) in [4.78, 5) is 22.8. The van der Waals surface area contributed by atoms with Gasteiger partial charge in [0.05, 0.1) is 0 Å². The summed E-state index contributed by atoms with van der Waals surface area (Å²) in [5.74, 6) is -0.837. The number of allylic oxidation sites excluding steroid dienone is 1. The highest BCUT2D eigenvalue weighted by Crippen LogP contribution is 2.09. The summed E-state index contributed by atoms with van der Waals surface area (Å²) in [6.07, 6.45) is 10.5. The molecule has 0 rings (SSSR count). The summed E-state index contributed by atoms with van der Waals surface area (Å²) in [5, 5.41) is 11.7. The van der Waals surface area contributed by atoms with E-state index in [4.69, 9.17) is 5.11 Å². The third kappa shape index (κ3) is 12.2. The van der Waals surface area contributed by atoms with Crippen LogP contribution < -0.4 is 5.32 Å². The molecule has 4 nitrogen and oxygen atoms in total. The highest BCUT2D eigenvalue weighted by atomic mass is 16.4. The normalized spacial score (nSPS) is 12.1. The number of unbranched alkanes of at least 4 members (excludes halogenated alkanes) is 6. The number of carbonyl (C=O) groups is 2. The zero-order valence-electron chi connectivity index (χ0n) is 13.6. The Hall–Kier alpha value is -1.32. The molecule has 0 aliphatic carbocycles. The van der Waals surface area contributed by atoms with E-state index in [0.29, 0.717) is 12.8 Å². The Balaban J connectivity index is 3.68. The van der Waals surface area contributed by atoms with E-state index in [9.17, 15) is 9.59 Å². The number of rotatable bonds is 13. The molecular weight excluding hydrogens is 266 g/mol. The first-order valence-corrected chi connectivity index (χ1v) is 8.10. The quantitative estimate of drug-likeness (QED) is 0.400. The Morgan fingerprint density at radius 1 is 1.10 bits per heavy atom.